The molecular weight excluding hydrogens is 446 g/mol. The third-order valence-electron chi connectivity index (χ3n) is 5.13. The quantitative estimate of drug-likeness (QED) is 0.232. The summed E-state index contributed by atoms with van der Waals surface area (Å²) in [5.41, 5.74) is 4.38. The van der Waals surface area contributed by atoms with Gasteiger partial charge in [0, 0.05) is 24.4 Å². The minimum atomic E-state index is 0.495. The molecule has 0 fully saturated rings. The van der Waals surface area contributed by atoms with Gasteiger partial charge in [-0.25, -0.2) is 0 Å². The monoisotopic (exact) mass is 475 g/mol. The fourth-order valence-corrected chi connectivity index (χ4v) is 4.20. The Morgan fingerprint density at radius 1 is 0.941 bits per heavy atom. The van der Waals surface area contributed by atoms with Crippen molar-refractivity contribution in [3.8, 4) is 17.2 Å². The van der Waals surface area contributed by atoms with Gasteiger partial charge in [-0.2, -0.15) is 4.68 Å². The third-order valence-corrected chi connectivity index (χ3v) is 6.05. The van der Waals surface area contributed by atoms with Crippen LogP contribution in [0, 0.1) is 6.92 Å². The van der Waals surface area contributed by atoms with Crippen LogP contribution < -0.4 is 14.8 Å². The molecule has 0 aliphatic heterocycles. The fourth-order valence-electron chi connectivity index (χ4n) is 3.41. The molecule has 0 aliphatic rings. The number of ether oxygens (including phenoxy) is 2. The van der Waals surface area contributed by atoms with Crippen LogP contribution in [-0.2, 0) is 13.2 Å². The number of nitrogens with zero attached hydrogens (tertiary/aromatic N) is 4. The molecule has 0 atom stereocenters. The molecule has 1 N–H and O–H groups in total. The second-order valence-corrected chi connectivity index (χ2v) is 8.75. The summed E-state index contributed by atoms with van der Waals surface area (Å²) in [7, 11) is 0. The lowest BCUT2D eigenvalue weighted by atomic mass is 10.1. The summed E-state index contributed by atoms with van der Waals surface area (Å²) in [5, 5.41) is 16.4. The molecule has 3 aromatic carbocycles. The van der Waals surface area contributed by atoms with E-state index in [4.69, 9.17) is 9.47 Å². The number of nitrogens with one attached hydrogen (secondary N) is 1. The molecule has 8 heteroatoms. The van der Waals surface area contributed by atoms with Crippen molar-refractivity contribution in [2.75, 3.05) is 18.9 Å². The molecule has 34 heavy (non-hydrogen) atoms. The number of thioether (sulfide) groups is 1. The van der Waals surface area contributed by atoms with Gasteiger partial charge in [0.1, 0.15) is 6.61 Å². The molecule has 4 rings (SSSR count). The van der Waals surface area contributed by atoms with Crippen molar-refractivity contribution in [1.29, 1.82) is 0 Å². The number of aromatic nitrogens is 4. The lowest BCUT2D eigenvalue weighted by molar-refractivity contribution is 0.266. The van der Waals surface area contributed by atoms with Crippen LogP contribution in [0.25, 0.3) is 5.69 Å². The van der Waals surface area contributed by atoms with Gasteiger partial charge in [0.15, 0.2) is 11.5 Å². The van der Waals surface area contributed by atoms with Crippen LogP contribution in [0.3, 0.4) is 0 Å². The van der Waals surface area contributed by atoms with Gasteiger partial charge in [-0.15, -0.1) is 5.10 Å². The Morgan fingerprint density at radius 2 is 1.76 bits per heavy atom. The SMILES string of the molecule is CCOc1cccc(CNCCSc2nnnn2-c2ccccc2)c1OCc1ccc(C)cc1. The molecule has 0 bridgehead atoms. The van der Waals surface area contributed by atoms with Crippen LogP contribution in [-0.4, -0.2) is 39.1 Å². The van der Waals surface area contributed by atoms with Gasteiger partial charge >= 0.3 is 0 Å². The van der Waals surface area contributed by atoms with Crippen molar-refractivity contribution in [3.63, 3.8) is 0 Å². The highest BCUT2D eigenvalue weighted by molar-refractivity contribution is 7.99. The molecule has 0 unspecified atom stereocenters. The summed E-state index contributed by atoms with van der Waals surface area (Å²) < 4.78 is 13.8. The number of hydrogen-bond acceptors (Lipinski definition) is 7. The van der Waals surface area contributed by atoms with Gasteiger partial charge in [0.05, 0.1) is 12.3 Å². The van der Waals surface area contributed by atoms with Gasteiger partial charge in [-0.3, -0.25) is 0 Å². The van der Waals surface area contributed by atoms with Crippen molar-refractivity contribution >= 4 is 11.8 Å². The van der Waals surface area contributed by atoms with Crippen LogP contribution in [0.15, 0.2) is 78.0 Å². The number of hydrogen-bond donors (Lipinski definition) is 1. The lowest BCUT2D eigenvalue weighted by Crippen LogP contribution is -2.17. The van der Waals surface area contributed by atoms with E-state index >= 15 is 0 Å². The minimum absolute atomic E-state index is 0.495. The Bertz CT molecular complexity index is 1170. The molecule has 1 heterocycles. The average Bonchev–Trinajstić information content (AvgIpc) is 3.34. The number of para-hydroxylation sites is 2. The first-order valence-electron chi connectivity index (χ1n) is 11.3. The first-order valence-corrected chi connectivity index (χ1v) is 12.3. The topological polar surface area (TPSA) is 74.1 Å². The summed E-state index contributed by atoms with van der Waals surface area (Å²) in [6.45, 7) is 6.62. The molecule has 0 radical (unpaired) electrons. The highest BCUT2D eigenvalue weighted by atomic mass is 32.2. The van der Waals surface area contributed by atoms with Crippen molar-refractivity contribution in [2.45, 2.75) is 32.2 Å². The summed E-state index contributed by atoms with van der Waals surface area (Å²) >= 11 is 1.62. The molecule has 0 spiro atoms. The van der Waals surface area contributed by atoms with Crippen LogP contribution in [0.1, 0.15) is 23.6 Å². The predicted molar refractivity (Wildman–Crippen MR) is 135 cm³/mol. The Hall–Kier alpha value is -3.36. The summed E-state index contributed by atoms with van der Waals surface area (Å²) in [5.74, 6) is 2.39. The first kappa shape index (κ1) is 23.8. The van der Waals surface area contributed by atoms with E-state index in [1.807, 2.05) is 49.4 Å². The largest absolute Gasteiger partial charge is 0.490 e. The first-order chi connectivity index (χ1) is 16.7. The van der Waals surface area contributed by atoms with Crippen LogP contribution in [0.4, 0.5) is 0 Å². The summed E-state index contributed by atoms with van der Waals surface area (Å²) in [4.78, 5) is 0. The predicted octanol–water partition coefficient (Wildman–Crippen LogP) is 4.83. The van der Waals surface area contributed by atoms with Gasteiger partial charge in [0.2, 0.25) is 5.16 Å². The second kappa shape index (κ2) is 12.2. The van der Waals surface area contributed by atoms with Crippen molar-refractivity contribution in [3.05, 3.63) is 89.5 Å². The fraction of sp³-hybridized carbons (Fsp3) is 0.269. The van der Waals surface area contributed by atoms with E-state index in [0.29, 0.717) is 19.8 Å². The molecule has 7 nitrogen and oxygen atoms in total. The Kier molecular flexibility index (Phi) is 8.54. The number of tetrazole rings is 1. The zero-order chi connectivity index (χ0) is 23.6. The maximum atomic E-state index is 6.23. The molecule has 4 aromatic rings. The molecule has 0 saturated heterocycles. The molecule has 0 aliphatic carbocycles. The van der Waals surface area contributed by atoms with E-state index in [0.717, 1.165) is 45.8 Å². The summed E-state index contributed by atoms with van der Waals surface area (Å²) in [6, 6.07) is 24.3. The van der Waals surface area contributed by atoms with E-state index in [9.17, 15) is 0 Å². The maximum absolute atomic E-state index is 6.23. The van der Waals surface area contributed by atoms with Crippen LogP contribution >= 0.6 is 11.8 Å². The van der Waals surface area contributed by atoms with Crippen LogP contribution in [0.2, 0.25) is 0 Å². The number of rotatable bonds is 12. The number of benzene rings is 3. The van der Waals surface area contributed by atoms with Crippen LogP contribution in [0.5, 0.6) is 11.5 Å². The van der Waals surface area contributed by atoms with E-state index in [2.05, 4.69) is 58.1 Å². The average molecular weight is 476 g/mol. The maximum Gasteiger partial charge on any atom is 0.214 e. The number of aryl methyl sites for hydroxylation is 1. The van der Waals surface area contributed by atoms with E-state index in [-0.39, 0.29) is 0 Å². The smallest absolute Gasteiger partial charge is 0.214 e. The molecule has 0 saturated carbocycles. The van der Waals surface area contributed by atoms with Crippen molar-refractivity contribution in [2.24, 2.45) is 0 Å². The van der Waals surface area contributed by atoms with E-state index in [1.54, 1.807) is 16.4 Å². The standard InChI is InChI=1S/C26H29N5O2S/c1-3-32-24-11-7-8-22(25(24)33-19-21-14-12-20(2)13-15-21)18-27-16-17-34-26-28-29-30-31(26)23-9-5-4-6-10-23/h4-15,27H,3,16-19H2,1-2H3. The zero-order valence-corrected chi connectivity index (χ0v) is 20.3. The lowest BCUT2D eigenvalue weighted by Gasteiger charge is -2.16. The van der Waals surface area contributed by atoms with Gasteiger partial charge in [-0.05, 0) is 48.0 Å². The van der Waals surface area contributed by atoms with E-state index in [1.165, 1.54) is 5.56 Å². The Labute approximate surface area is 204 Å². The van der Waals surface area contributed by atoms with Gasteiger partial charge in [0.25, 0.3) is 0 Å². The Balaban J connectivity index is 1.33. The van der Waals surface area contributed by atoms with Gasteiger partial charge < -0.3 is 14.8 Å². The molecular formula is C26H29N5O2S. The normalized spacial score (nSPS) is 10.9. The molecule has 1 aromatic heterocycles. The molecule has 176 valence electrons. The van der Waals surface area contributed by atoms with Crippen molar-refractivity contribution < 1.29 is 9.47 Å². The zero-order valence-electron chi connectivity index (χ0n) is 19.5. The highest BCUT2D eigenvalue weighted by Gasteiger charge is 2.12. The Morgan fingerprint density at radius 3 is 2.56 bits per heavy atom. The third kappa shape index (κ3) is 6.36. The highest BCUT2D eigenvalue weighted by Crippen LogP contribution is 2.32. The molecule has 0 amide bonds. The minimum Gasteiger partial charge on any atom is -0.490 e. The second-order valence-electron chi connectivity index (χ2n) is 7.69. The van der Waals surface area contributed by atoms with Crippen molar-refractivity contribution in [1.82, 2.24) is 25.5 Å². The summed E-state index contributed by atoms with van der Waals surface area (Å²) in [6.07, 6.45) is 0. The van der Waals surface area contributed by atoms with Gasteiger partial charge in [-0.1, -0.05) is 71.9 Å². The van der Waals surface area contributed by atoms with E-state index < -0.39 is 0 Å².